The molecule has 1 atom stereocenters. The maximum absolute atomic E-state index is 14.7. The molecule has 1 unspecified atom stereocenters. The van der Waals surface area contributed by atoms with Crippen molar-refractivity contribution >= 4 is 17.3 Å². The van der Waals surface area contributed by atoms with E-state index in [1.807, 2.05) is 25.1 Å². The van der Waals surface area contributed by atoms with Gasteiger partial charge < -0.3 is 9.80 Å². The SMILES string of the molecule is CCC(F)c1cc(N2CCN(CC)CC2)cc(-c2ccccc2C)c1Cl. The zero-order valence-corrected chi connectivity index (χ0v) is 16.7. The van der Waals surface area contributed by atoms with E-state index in [4.69, 9.17) is 11.6 Å². The highest BCUT2D eigenvalue weighted by Crippen LogP contribution is 2.40. The lowest BCUT2D eigenvalue weighted by molar-refractivity contribution is 0.271. The predicted molar refractivity (Wildman–Crippen MR) is 110 cm³/mol. The van der Waals surface area contributed by atoms with Crippen molar-refractivity contribution in [3.63, 3.8) is 0 Å². The van der Waals surface area contributed by atoms with E-state index < -0.39 is 6.17 Å². The summed E-state index contributed by atoms with van der Waals surface area (Å²) >= 11 is 6.68. The van der Waals surface area contributed by atoms with Gasteiger partial charge in [-0.25, -0.2) is 4.39 Å². The monoisotopic (exact) mass is 374 g/mol. The van der Waals surface area contributed by atoms with Crippen molar-refractivity contribution in [3.8, 4) is 11.1 Å². The molecule has 140 valence electrons. The van der Waals surface area contributed by atoms with Gasteiger partial charge in [-0.05, 0) is 43.1 Å². The van der Waals surface area contributed by atoms with Crippen LogP contribution in [0.25, 0.3) is 11.1 Å². The highest BCUT2D eigenvalue weighted by Gasteiger charge is 2.22. The molecule has 0 aromatic heterocycles. The van der Waals surface area contributed by atoms with Gasteiger partial charge in [-0.1, -0.05) is 49.7 Å². The first-order valence-electron chi connectivity index (χ1n) is 9.56. The number of likely N-dealkylation sites (N-methyl/N-ethyl adjacent to an activating group) is 1. The molecular formula is C22H28ClFN2. The van der Waals surface area contributed by atoms with Gasteiger partial charge in [0.1, 0.15) is 6.17 Å². The Morgan fingerprint density at radius 1 is 1.04 bits per heavy atom. The second kappa shape index (κ2) is 8.41. The van der Waals surface area contributed by atoms with Crippen molar-refractivity contribution < 1.29 is 4.39 Å². The molecule has 0 N–H and O–H groups in total. The van der Waals surface area contributed by atoms with Gasteiger partial charge >= 0.3 is 0 Å². The van der Waals surface area contributed by atoms with Gasteiger partial charge in [0.05, 0.1) is 5.02 Å². The molecule has 2 aromatic carbocycles. The Balaban J connectivity index is 2.05. The molecule has 26 heavy (non-hydrogen) atoms. The van der Waals surface area contributed by atoms with E-state index in [1.54, 1.807) is 0 Å². The highest BCUT2D eigenvalue weighted by molar-refractivity contribution is 6.34. The number of hydrogen-bond acceptors (Lipinski definition) is 2. The smallest absolute Gasteiger partial charge is 0.126 e. The Morgan fingerprint density at radius 2 is 1.73 bits per heavy atom. The number of anilines is 1. The molecule has 0 saturated carbocycles. The molecule has 4 heteroatoms. The second-order valence-electron chi connectivity index (χ2n) is 7.01. The van der Waals surface area contributed by atoms with Gasteiger partial charge in [-0.2, -0.15) is 0 Å². The summed E-state index contributed by atoms with van der Waals surface area (Å²) in [5.41, 5.74) is 4.86. The van der Waals surface area contributed by atoms with Crippen LogP contribution in [0.3, 0.4) is 0 Å². The van der Waals surface area contributed by atoms with Crippen LogP contribution in [0.1, 0.15) is 37.6 Å². The molecule has 0 amide bonds. The van der Waals surface area contributed by atoms with E-state index in [2.05, 4.69) is 41.8 Å². The van der Waals surface area contributed by atoms with Crippen LogP contribution in [0.4, 0.5) is 10.1 Å². The normalized spacial score (nSPS) is 16.7. The molecule has 0 bridgehead atoms. The minimum Gasteiger partial charge on any atom is -0.369 e. The van der Waals surface area contributed by atoms with Crippen molar-refractivity contribution in [3.05, 3.63) is 52.5 Å². The number of halogens is 2. The number of nitrogens with zero attached hydrogens (tertiary/aromatic N) is 2. The quantitative estimate of drug-likeness (QED) is 0.645. The topological polar surface area (TPSA) is 6.48 Å². The summed E-state index contributed by atoms with van der Waals surface area (Å²) in [7, 11) is 0. The van der Waals surface area contributed by atoms with Crippen LogP contribution < -0.4 is 4.90 Å². The summed E-state index contributed by atoms with van der Waals surface area (Å²) in [6.45, 7) is 11.2. The number of benzene rings is 2. The summed E-state index contributed by atoms with van der Waals surface area (Å²) in [6.07, 6.45) is -0.609. The molecule has 0 aliphatic carbocycles. The molecule has 3 rings (SSSR count). The first kappa shape index (κ1) is 19.2. The fourth-order valence-electron chi connectivity index (χ4n) is 3.65. The van der Waals surface area contributed by atoms with Crippen molar-refractivity contribution in [2.45, 2.75) is 33.4 Å². The lowest BCUT2D eigenvalue weighted by Crippen LogP contribution is -2.46. The summed E-state index contributed by atoms with van der Waals surface area (Å²) < 4.78 is 14.7. The Morgan fingerprint density at radius 3 is 2.35 bits per heavy atom. The Hall–Kier alpha value is -1.58. The molecule has 1 saturated heterocycles. The van der Waals surface area contributed by atoms with Gasteiger partial charge in [0.15, 0.2) is 0 Å². The predicted octanol–water partition coefficient (Wildman–Crippen LogP) is 5.88. The number of piperazine rings is 1. The number of aryl methyl sites for hydroxylation is 1. The van der Waals surface area contributed by atoms with Crippen molar-refractivity contribution in [1.29, 1.82) is 0 Å². The third kappa shape index (κ3) is 3.89. The Bertz CT molecular complexity index is 754. The molecule has 1 heterocycles. The van der Waals surface area contributed by atoms with Crippen LogP contribution in [0, 0.1) is 6.92 Å². The summed E-state index contributed by atoms with van der Waals surface area (Å²) in [6, 6.07) is 12.3. The third-order valence-corrected chi connectivity index (χ3v) is 5.82. The van der Waals surface area contributed by atoms with Gasteiger partial charge in [-0.15, -0.1) is 0 Å². The largest absolute Gasteiger partial charge is 0.369 e. The summed E-state index contributed by atoms with van der Waals surface area (Å²) in [5, 5.41) is 0.546. The lowest BCUT2D eigenvalue weighted by atomic mass is 9.95. The molecule has 0 spiro atoms. The molecule has 1 fully saturated rings. The average molecular weight is 375 g/mol. The Kier molecular flexibility index (Phi) is 6.20. The van der Waals surface area contributed by atoms with Crippen molar-refractivity contribution in [2.24, 2.45) is 0 Å². The summed E-state index contributed by atoms with van der Waals surface area (Å²) in [4.78, 5) is 4.80. The first-order valence-corrected chi connectivity index (χ1v) is 9.93. The van der Waals surface area contributed by atoms with E-state index >= 15 is 0 Å². The van der Waals surface area contributed by atoms with Crippen LogP contribution in [0.15, 0.2) is 36.4 Å². The number of rotatable bonds is 5. The van der Waals surface area contributed by atoms with Gasteiger partial charge in [0, 0.05) is 43.0 Å². The fourth-order valence-corrected chi connectivity index (χ4v) is 3.98. The molecule has 0 radical (unpaired) electrons. The van der Waals surface area contributed by atoms with Gasteiger partial charge in [-0.3, -0.25) is 0 Å². The van der Waals surface area contributed by atoms with Crippen LogP contribution in [-0.4, -0.2) is 37.6 Å². The Labute approximate surface area is 161 Å². The molecular weight excluding hydrogens is 347 g/mol. The van der Waals surface area contributed by atoms with Crippen LogP contribution in [-0.2, 0) is 0 Å². The molecule has 2 nitrogen and oxygen atoms in total. The molecule has 1 aliphatic rings. The highest BCUT2D eigenvalue weighted by atomic mass is 35.5. The van der Waals surface area contributed by atoms with Gasteiger partial charge in [0.2, 0.25) is 0 Å². The minimum absolute atomic E-state index is 0.431. The van der Waals surface area contributed by atoms with Crippen LogP contribution >= 0.6 is 11.6 Å². The third-order valence-electron chi connectivity index (χ3n) is 5.40. The fraction of sp³-hybridized carbons (Fsp3) is 0.455. The van der Waals surface area contributed by atoms with Crippen molar-refractivity contribution in [2.75, 3.05) is 37.6 Å². The average Bonchev–Trinajstić information content (AvgIpc) is 2.68. The molecule has 1 aliphatic heterocycles. The molecule has 2 aromatic rings. The van der Waals surface area contributed by atoms with E-state index in [0.29, 0.717) is 17.0 Å². The van der Waals surface area contributed by atoms with E-state index in [1.165, 1.54) is 0 Å². The summed E-state index contributed by atoms with van der Waals surface area (Å²) in [5.74, 6) is 0. The number of hydrogen-bond donors (Lipinski definition) is 0. The van der Waals surface area contributed by atoms with E-state index in [0.717, 1.165) is 55.1 Å². The van der Waals surface area contributed by atoms with Crippen molar-refractivity contribution in [1.82, 2.24) is 4.90 Å². The maximum atomic E-state index is 14.7. The first-order chi connectivity index (χ1) is 12.5. The van der Waals surface area contributed by atoms with E-state index in [-0.39, 0.29) is 0 Å². The number of alkyl halides is 1. The van der Waals surface area contributed by atoms with Gasteiger partial charge in [0.25, 0.3) is 0 Å². The minimum atomic E-state index is -1.04. The van der Waals surface area contributed by atoms with Crippen LogP contribution in [0.2, 0.25) is 5.02 Å². The van der Waals surface area contributed by atoms with Crippen LogP contribution in [0.5, 0.6) is 0 Å². The van der Waals surface area contributed by atoms with E-state index in [9.17, 15) is 4.39 Å². The standard InChI is InChI=1S/C22H28ClFN2/c1-4-21(24)20-15-17(26-12-10-25(5-2)11-13-26)14-19(22(20)23)18-9-7-6-8-16(18)3/h6-9,14-15,21H,4-5,10-13H2,1-3H3. The zero-order chi connectivity index (χ0) is 18.7. The second-order valence-corrected chi connectivity index (χ2v) is 7.39. The maximum Gasteiger partial charge on any atom is 0.126 e. The zero-order valence-electron chi connectivity index (χ0n) is 15.9. The lowest BCUT2D eigenvalue weighted by Gasteiger charge is -2.36.